The molecule has 0 N–H and O–H groups in total. The van der Waals surface area contributed by atoms with Gasteiger partial charge >= 0.3 is 0 Å². The zero-order valence-electron chi connectivity index (χ0n) is 10.2. The van der Waals surface area contributed by atoms with E-state index in [9.17, 15) is 8.42 Å². The molecule has 0 unspecified atom stereocenters. The van der Waals surface area contributed by atoms with Crippen molar-refractivity contribution in [2.45, 2.75) is 18.1 Å². The van der Waals surface area contributed by atoms with Gasteiger partial charge in [0.1, 0.15) is 5.15 Å². The van der Waals surface area contributed by atoms with Crippen LogP contribution in [-0.2, 0) is 30.2 Å². The highest BCUT2D eigenvalue weighted by Gasteiger charge is 2.33. The Balaban J connectivity index is 1.98. The Morgan fingerprint density at radius 3 is 2.26 bits per heavy atom. The molecule has 0 radical (unpaired) electrons. The number of sulfonamides is 1. The Hall–Kier alpha value is -1.37. The molecule has 0 saturated heterocycles. The summed E-state index contributed by atoms with van der Waals surface area (Å²) in [7, 11) is -1.99. The van der Waals surface area contributed by atoms with E-state index < -0.39 is 10.0 Å². The van der Waals surface area contributed by atoms with Crippen LogP contribution in [0.1, 0.15) is 11.1 Å². The van der Waals surface area contributed by atoms with Gasteiger partial charge in [-0.25, -0.2) is 13.4 Å². The maximum absolute atomic E-state index is 12.5. The van der Waals surface area contributed by atoms with Crippen LogP contribution in [0.2, 0.25) is 5.15 Å². The number of imidazole rings is 1. The van der Waals surface area contributed by atoms with Crippen LogP contribution in [0.3, 0.4) is 0 Å². The van der Waals surface area contributed by atoms with Gasteiger partial charge in [-0.3, -0.25) is 0 Å². The van der Waals surface area contributed by atoms with Crippen molar-refractivity contribution in [2.75, 3.05) is 0 Å². The van der Waals surface area contributed by atoms with Crippen molar-refractivity contribution < 1.29 is 8.42 Å². The molecule has 2 heterocycles. The summed E-state index contributed by atoms with van der Waals surface area (Å²) in [6.07, 6.45) is 1.40. The molecule has 0 amide bonds. The first-order chi connectivity index (χ1) is 9.00. The van der Waals surface area contributed by atoms with Crippen molar-refractivity contribution in [3.8, 4) is 0 Å². The average molecular weight is 298 g/mol. The number of aryl methyl sites for hydroxylation is 1. The van der Waals surface area contributed by atoms with Crippen LogP contribution in [0.15, 0.2) is 35.6 Å². The molecule has 0 fully saturated rings. The summed E-state index contributed by atoms with van der Waals surface area (Å²) in [5, 5.41) is 0.0560. The minimum Gasteiger partial charge on any atom is -0.324 e. The zero-order chi connectivity index (χ0) is 13.6. The Labute approximate surface area is 116 Å². The van der Waals surface area contributed by atoms with Crippen LogP contribution >= 0.6 is 11.6 Å². The molecule has 0 saturated carbocycles. The van der Waals surface area contributed by atoms with Gasteiger partial charge in [-0.2, -0.15) is 4.31 Å². The second kappa shape index (κ2) is 4.33. The Morgan fingerprint density at radius 2 is 1.79 bits per heavy atom. The van der Waals surface area contributed by atoms with Crippen molar-refractivity contribution in [1.82, 2.24) is 13.9 Å². The van der Waals surface area contributed by atoms with Gasteiger partial charge in [0.15, 0.2) is 0 Å². The molecule has 0 spiro atoms. The fourth-order valence-corrected chi connectivity index (χ4v) is 3.95. The Kier molecular flexibility index (Phi) is 2.88. The molecule has 2 aromatic rings. The molecule has 0 aliphatic carbocycles. The summed E-state index contributed by atoms with van der Waals surface area (Å²) in [5.41, 5.74) is 2.05. The predicted molar refractivity (Wildman–Crippen MR) is 71.1 cm³/mol. The maximum Gasteiger partial charge on any atom is 0.264 e. The van der Waals surface area contributed by atoms with Gasteiger partial charge < -0.3 is 4.57 Å². The van der Waals surface area contributed by atoms with Crippen molar-refractivity contribution in [3.05, 3.63) is 46.9 Å². The molecular formula is C12H12ClN3O2S. The quantitative estimate of drug-likeness (QED) is 0.849. The van der Waals surface area contributed by atoms with E-state index in [1.807, 2.05) is 24.3 Å². The minimum absolute atomic E-state index is 0.0792. The summed E-state index contributed by atoms with van der Waals surface area (Å²) in [4.78, 5) is 3.90. The van der Waals surface area contributed by atoms with E-state index in [4.69, 9.17) is 11.6 Å². The summed E-state index contributed by atoms with van der Waals surface area (Å²) < 4.78 is 27.9. The fourth-order valence-electron chi connectivity index (χ4n) is 2.16. The third-order valence-electron chi connectivity index (χ3n) is 3.23. The number of aromatic nitrogens is 2. The summed E-state index contributed by atoms with van der Waals surface area (Å²) >= 11 is 5.98. The van der Waals surface area contributed by atoms with Gasteiger partial charge in [-0.1, -0.05) is 35.9 Å². The standard InChI is InChI=1S/C12H12ClN3O2S/c1-15-8-14-12(11(15)13)19(17,18)16-6-9-4-2-3-5-10(9)7-16/h2-5,8H,6-7H2,1H3. The van der Waals surface area contributed by atoms with E-state index >= 15 is 0 Å². The largest absolute Gasteiger partial charge is 0.324 e. The molecule has 1 aromatic carbocycles. The second-order valence-electron chi connectivity index (χ2n) is 4.49. The topological polar surface area (TPSA) is 55.2 Å². The highest BCUT2D eigenvalue weighted by Crippen LogP contribution is 2.30. The van der Waals surface area contributed by atoms with Crippen LogP contribution in [0.25, 0.3) is 0 Å². The van der Waals surface area contributed by atoms with Gasteiger partial charge in [0.2, 0.25) is 5.03 Å². The number of nitrogens with zero attached hydrogens (tertiary/aromatic N) is 3. The average Bonchev–Trinajstić information content (AvgIpc) is 2.95. The third kappa shape index (κ3) is 1.96. The highest BCUT2D eigenvalue weighted by atomic mass is 35.5. The lowest BCUT2D eigenvalue weighted by atomic mass is 10.1. The van der Waals surface area contributed by atoms with E-state index in [1.165, 1.54) is 15.2 Å². The lowest BCUT2D eigenvalue weighted by molar-refractivity contribution is 0.429. The van der Waals surface area contributed by atoms with E-state index in [0.29, 0.717) is 13.1 Å². The SMILES string of the molecule is Cn1cnc(S(=O)(=O)N2Cc3ccccc3C2)c1Cl. The predicted octanol–water partition coefficient (Wildman–Crippen LogP) is 1.78. The lowest BCUT2D eigenvalue weighted by Crippen LogP contribution is -2.26. The van der Waals surface area contributed by atoms with Crippen LogP contribution < -0.4 is 0 Å². The molecule has 100 valence electrons. The number of fused-ring (bicyclic) bond motifs is 1. The number of benzene rings is 1. The molecule has 0 atom stereocenters. The highest BCUT2D eigenvalue weighted by molar-refractivity contribution is 7.89. The van der Waals surface area contributed by atoms with Gasteiger partial charge in [0.25, 0.3) is 10.0 Å². The van der Waals surface area contributed by atoms with Gasteiger partial charge in [0.05, 0.1) is 6.33 Å². The monoisotopic (exact) mass is 297 g/mol. The van der Waals surface area contributed by atoms with Crippen LogP contribution in [0, 0.1) is 0 Å². The number of halogens is 1. The van der Waals surface area contributed by atoms with Gasteiger partial charge in [0, 0.05) is 20.1 Å². The summed E-state index contributed by atoms with van der Waals surface area (Å²) in [6, 6.07) is 7.68. The number of rotatable bonds is 2. The molecule has 1 aromatic heterocycles. The number of hydrogen-bond acceptors (Lipinski definition) is 3. The van der Waals surface area contributed by atoms with Gasteiger partial charge in [-0.05, 0) is 11.1 Å². The van der Waals surface area contributed by atoms with E-state index in [2.05, 4.69) is 4.98 Å². The van der Waals surface area contributed by atoms with E-state index in [0.717, 1.165) is 11.1 Å². The van der Waals surface area contributed by atoms with Crippen molar-refractivity contribution in [3.63, 3.8) is 0 Å². The number of hydrogen-bond donors (Lipinski definition) is 0. The minimum atomic E-state index is -3.65. The Morgan fingerprint density at radius 1 is 1.21 bits per heavy atom. The van der Waals surface area contributed by atoms with Crippen molar-refractivity contribution in [1.29, 1.82) is 0 Å². The van der Waals surface area contributed by atoms with Gasteiger partial charge in [-0.15, -0.1) is 0 Å². The second-order valence-corrected chi connectivity index (χ2v) is 6.70. The van der Waals surface area contributed by atoms with E-state index in [1.54, 1.807) is 7.05 Å². The first kappa shape index (κ1) is 12.7. The van der Waals surface area contributed by atoms with Crippen molar-refractivity contribution >= 4 is 21.6 Å². The lowest BCUT2D eigenvalue weighted by Gasteiger charge is -2.13. The summed E-state index contributed by atoms with van der Waals surface area (Å²) in [5.74, 6) is 0. The molecule has 7 heteroatoms. The molecular weight excluding hydrogens is 286 g/mol. The normalized spacial score (nSPS) is 15.7. The maximum atomic E-state index is 12.5. The Bertz CT molecular complexity index is 714. The molecule has 5 nitrogen and oxygen atoms in total. The molecule has 19 heavy (non-hydrogen) atoms. The first-order valence-electron chi connectivity index (χ1n) is 5.74. The van der Waals surface area contributed by atoms with Crippen LogP contribution in [0.4, 0.5) is 0 Å². The van der Waals surface area contributed by atoms with Crippen molar-refractivity contribution in [2.24, 2.45) is 7.05 Å². The smallest absolute Gasteiger partial charge is 0.264 e. The summed E-state index contributed by atoms with van der Waals surface area (Å²) in [6.45, 7) is 0.733. The van der Waals surface area contributed by atoms with E-state index in [-0.39, 0.29) is 10.2 Å². The molecule has 1 aliphatic rings. The van der Waals surface area contributed by atoms with Crippen LogP contribution in [-0.4, -0.2) is 22.3 Å². The fraction of sp³-hybridized carbons (Fsp3) is 0.250. The molecule has 1 aliphatic heterocycles. The molecule has 3 rings (SSSR count). The molecule has 0 bridgehead atoms. The third-order valence-corrected chi connectivity index (χ3v) is 5.51. The van der Waals surface area contributed by atoms with Crippen LogP contribution in [0.5, 0.6) is 0 Å². The zero-order valence-corrected chi connectivity index (χ0v) is 11.8. The first-order valence-corrected chi connectivity index (χ1v) is 7.55.